The van der Waals surface area contributed by atoms with Crippen molar-refractivity contribution in [3.05, 3.63) is 29.8 Å². The van der Waals surface area contributed by atoms with Crippen LogP contribution in [0.15, 0.2) is 29.2 Å². The van der Waals surface area contributed by atoms with Crippen LogP contribution in [0.2, 0.25) is 0 Å². The Kier molecular flexibility index (Phi) is 6.16. The molecule has 0 aromatic heterocycles. The van der Waals surface area contributed by atoms with E-state index in [4.69, 9.17) is 5.11 Å². The fraction of sp³-hybridized carbons (Fsp3) is 0.579. The quantitative estimate of drug-likeness (QED) is 0.768. The number of sulfonamides is 1. The van der Waals surface area contributed by atoms with Crippen LogP contribution in [0.4, 0.5) is 0 Å². The lowest BCUT2D eigenvalue weighted by atomic mass is 10.0. The Morgan fingerprint density at radius 1 is 1.07 bits per heavy atom. The maximum atomic E-state index is 13.0. The van der Waals surface area contributed by atoms with E-state index in [1.165, 1.54) is 4.31 Å². The lowest BCUT2D eigenvalue weighted by molar-refractivity contribution is -0.141. The van der Waals surface area contributed by atoms with Gasteiger partial charge >= 0.3 is 5.97 Å². The van der Waals surface area contributed by atoms with Crippen LogP contribution in [0.5, 0.6) is 0 Å². The Balaban J connectivity index is 1.68. The van der Waals surface area contributed by atoms with Crippen LogP contribution in [0, 0.1) is 11.8 Å². The van der Waals surface area contributed by atoms with Gasteiger partial charge in [0.05, 0.1) is 10.8 Å². The van der Waals surface area contributed by atoms with Crippen molar-refractivity contribution in [1.29, 1.82) is 0 Å². The number of carbonyl (C=O) groups is 2. The molecule has 1 saturated heterocycles. The SMILES string of the molecule is O=C(O)[C@@H]1CC[C@H](C(=O)NCc2ccccc2S(=O)(=O)N2CCCCC2)C1. The second-order valence-corrected chi connectivity index (χ2v) is 9.24. The van der Waals surface area contributed by atoms with Crippen molar-refractivity contribution >= 4 is 21.9 Å². The average molecular weight is 394 g/mol. The second-order valence-electron chi connectivity index (χ2n) is 7.34. The van der Waals surface area contributed by atoms with Gasteiger partial charge in [-0.3, -0.25) is 9.59 Å². The molecule has 27 heavy (non-hydrogen) atoms. The van der Waals surface area contributed by atoms with Gasteiger partial charge in [0.15, 0.2) is 0 Å². The molecule has 1 heterocycles. The van der Waals surface area contributed by atoms with E-state index in [0.717, 1.165) is 19.3 Å². The van der Waals surface area contributed by atoms with Crippen LogP contribution in [0.25, 0.3) is 0 Å². The number of carboxylic acids is 1. The molecule has 1 amide bonds. The number of carboxylic acid groups (broad SMARTS) is 1. The fourth-order valence-corrected chi connectivity index (χ4v) is 5.66. The third-order valence-electron chi connectivity index (χ3n) is 5.51. The standard InChI is InChI=1S/C19H26N2O5S/c22-18(14-8-9-15(12-14)19(23)24)20-13-16-6-2-3-7-17(16)27(25,26)21-10-4-1-5-11-21/h2-3,6-7,14-15H,1,4-5,8-13H2,(H,20,22)(H,23,24)/t14-,15+/m0/s1. The van der Waals surface area contributed by atoms with Crippen molar-refractivity contribution in [2.24, 2.45) is 11.8 Å². The molecule has 1 aliphatic heterocycles. The monoisotopic (exact) mass is 394 g/mol. The van der Waals surface area contributed by atoms with Crippen LogP contribution < -0.4 is 5.32 Å². The van der Waals surface area contributed by atoms with Gasteiger partial charge in [0, 0.05) is 25.6 Å². The highest BCUT2D eigenvalue weighted by atomic mass is 32.2. The molecule has 1 aliphatic carbocycles. The van der Waals surface area contributed by atoms with Crippen molar-refractivity contribution in [1.82, 2.24) is 9.62 Å². The topological polar surface area (TPSA) is 104 Å². The third-order valence-corrected chi connectivity index (χ3v) is 7.51. The lowest BCUT2D eigenvalue weighted by Gasteiger charge is -2.27. The smallest absolute Gasteiger partial charge is 0.306 e. The highest BCUT2D eigenvalue weighted by Crippen LogP contribution is 2.31. The molecule has 1 aromatic carbocycles. The Hall–Kier alpha value is -1.93. The summed E-state index contributed by atoms with van der Waals surface area (Å²) in [5.41, 5.74) is 0.559. The van der Waals surface area contributed by atoms with Crippen molar-refractivity contribution < 1.29 is 23.1 Å². The van der Waals surface area contributed by atoms with E-state index >= 15 is 0 Å². The van der Waals surface area contributed by atoms with Gasteiger partial charge in [-0.2, -0.15) is 4.31 Å². The van der Waals surface area contributed by atoms with Gasteiger partial charge in [-0.25, -0.2) is 8.42 Å². The van der Waals surface area contributed by atoms with Gasteiger partial charge in [0.25, 0.3) is 0 Å². The van der Waals surface area contributed by atoms with E-state index in [-0.39, 0.29) is 23.3 Å². The van der Waals surface area contributed by atoms with E-state index < -0.39 is 21.9 Å². The summed E-state index contributed by atoms with van der Waals surface area (Å²) < 4.78 is 27.5. The summed E-state index contributed by atoms with van der Waals surface area (Å²) >= 11 is 0. The van der Waals surface area contributed by atoms with Crippen molar-refractivity contribution in [2.45, 2.75) is 50.0 Å². The number of rotatable bonds is 6. The first-order valence-electron chi connectivity index (χ1n) is 9.48. The molecule has 2 fully saturated rings. The number of nitrogens with one attached hydrogen (secondary N) is 1. The van der Waals surface area contributed by atoms with Gasteiger partial charge in [-0.05, 0) is 43.7 Å². The summed E-state index contributed by atoms with van der Waals surface area (Å²) in [4.78, 5) is 23.7. The highest BCUT2D eigenvalue weighted by molar-refractivity contribution is 7.89. The van der Waals surface area contributed by atoms with Crippen molar-refractivity contribution in [2.75, 3.05) is 13.1 Å². The van der Waals surface area contributed by atoms with E-state index in [2.05, 4.69) is 5.32 Å². The van der Waals surface area contributed by atoms with Crippen molar-refractivity contribution in [3.63, 3.8) is 0 Å². The Bertz CT molecular complexity index is 802. The molecule has 1 aromatic rings. The molecule has 2 aliphatic rings. The molecule has 0 unspecified atom stereocenters. The first-order chi connectivity index (χ1) is 12.9. The zero-order valence-corrected chi connectivity index (χ0v) is 16.1. The van der Waals surface area contributed by atoms with Gasteiger partial charge in [0.1, 0.15) is 0 Å². The molecule has 0 bridgehead atoms. The van der Waals surface area contributed by atoms with Gasteiger partial charge in [0.2, 0.25) is 15.9 Å². The molecule has 2 atom stereocenters. The Morgan fingerprint density at radius 3 is 2.41 bits per heavy atom. The molecule has 148 valence electrons. The van der Waals surface area contributed by atoms with Crippen molar-refractivity contribution in [3.8, 4) is 0 Å². The van der Waals surface area contributed by atoms with Crippen LogP contribution in [0.3, 0.4) is 0 Å². The zero-order chi connectivity index (χ0) is 19.4. The van der Waals surface area contributed by atoms with Crippen LogP contribution in [0.1, 0.15) is 44.1 Å². The van der Waals surface area contributed by atoms with Crippen LogP contribution in [-0.2, 0) is 26.2 Å². The minimum absolute atomic E-state index is 0.121. The van der Waals surface area contributed by atoms with Gasteiger partial charge < -0.3 is 10.4 Å². The number of hydrogen-bond acceptors (Lipinski definition) is 4. The van der Waals surface area contributed by atoms with Crippen LogP contribution in [-0.4, -0.2) is 42.8 Å². The van der Waals surface area contributed by atoms with E-state index in [0.29, 0.717) is 37.9 Å². The number of hydrogen-bond donors (Lipinski definition) is 2. The molecule has 8 heteroatoms. The molecule has 7 nitrogen and oxygen atoms in total. The van der Waals surface area contributed by atoms with E-state index in [1.54, 1.807) is 24.3 Å². The molecule has 3 rings (SSSR count). The minimum atomic E-state index is -3.58. The maximum Gasteiger partial charge on any atom is 0.306 e. The zero-order valence-electron chi connectivity index (χ0n) is 15.3. The molecule has 2 N–H and O–H groups in total. The number of aliphatic carboxylic acids is 1. The molecular formula is C19H26N2O5S. The minimum Gasteiger partial charge on any atom is -0.481 e. The largest absolute Gasteiger partial charge is 0.481 e. The number of piperidine rings is 1. The predicted octanol–water partition coefficient (Wildman–Crippen LogP) is 1.98. The molecule has 0 spiro atoms. The van der Waals surface area contributed by atoms with E-state index in [9.17, 15) is 18.0 Å². The molecular weight excluding hydrogens is 368 g/mol. The summed E-state index contributed by atoms with van der Waals surface area (Å²) in [6, 6.07) is 6.75. The molecule has 0 radical (unpaired) electrons. The fourth-order valence-electron chi connectivity index (χ4n) is 3.92. The van der Waals surface area contributed by atoms with Gasteiger partial charge in [-0.1, -0.05) is 24.6 Å². The van der Waals surface area contributed by atoms with E-state index in [1.807, 2.05) is 0 Å². The second kappa shape index (κ2) is 8.39. The average Bonchev–Trinajstić information content (AvgIpc) is 3.18. The Labute approximate surface area is 159 Å². The first kappa shape index (κ1) is 19.8. The third kappa shape index (κ3) is 4.50. The predicted molar refractivity (Wildman–Crippen MR) is 99.4 cm³/mol. The summed E-state index contributed by atoms with van der Waals surface area (Å²) in [6.45, 7) is 1.18. The summed E-state index contributed by atoms with van der Waals surface area (Å²) in [5.74, 6) is -1.85. The number of carbonyl (C=O) groups excluding carboxylic acids is 1. The first-order valence-corrected chi connectivity index (χ1v) is 10.9. The van der Waals surface area contributed by atoms with Gasteiger partial charge in [-0.15, -0.1) is 0 Å². The number of amides is 1. The summed E-state index contributed by atoms with van der Waals surface area (Å²) in [6.07, 6.45) is 4.18. The molecule has 1 saturated carbocycles. The highest BCUT2D eigenvalue weighted by Gasteiger charge is 2.34. The lowest BCUT2D eigenvalue weighted by Crippen LogP contribution is -2.36. The number of nitrogens with zero attached hydrogens (tertiary/aromatic N) is 1. The summed E-state index contributed by atoms with van der Waals surface area (Å²) in [7, 11) is -3.58. The normalized spacial score (nSPS) is 23.9. The maximum absolute atomic E-state index is 13.0. The number of benzene rings is 1. The summed E-state index contributed by atoms with van der Waals surface area (Å²) in [5, 5.41) is 11.9. The van der Waals surface area contributed by atoms with Crippen LogP contribution >= 0.6 is 0 Å². The Morgan fingerprint density at radius 2 is 1.74 bits per heavy atom.